The molecule has 0 amide bonds. The van der Waals surface area contributed by atoms with Crippen molar-refractivity contribution >= 4 is 5.97 Å². The second-order valence-corrected chi connectivity index (χ2v) is 4.01. The summed E-state index contributed by atoms with van der Waals surface area (Å²) in [7, 11) is 0. The molecule has 0 aliphatic heterocycles. The highest BCUT2D eigenvalue weighted by atomic mass is 16.4. The number of hydrogen-bond donors (Lipinski definition) is 1. The summed E-state index contributed by atoms with van der Waals surface area (Å²) in [5, 5.41) is 9.14. The van der Waals surface area contributed by atoms with Gasteiger partial charge in [-0.3, -0.25) is 0 Å². The maximum Gasteiger partial charge on any atom is 0.326 e. The third-order valence-corrected chi connectivity index (χ3v) is 2.49. The molecule has 78 valence electrons. The fraction of sp³-hybridized carbons (Fsp3) is 0.545. The van der Waals surface area contributed by atoms with Gasteiger partial charge in [-0.15, -0.1) is 0 Å². The molecule has 1 aromatic rings. The first kappa shape index (κ1) is 10.8. The Kier molecular flexibility index (Phi) is 2.99. The van der Waals surface area contributed by atoms with Crippen molar-refractivity contribution in [2.75, 3.05) is 0 Å². The van der Waals surface area contributed by atoms with Crippen molar-refractivity contribution < 1.29 is 9.90 Å². The number of carbonyl (C=O) groups is 1. The van der Waals surface area contributed by atoms with Crippen molar-refractivity contribution in [3.63, 3.8) is 0 Å². The van der Waals surface area contributed by atoms with E-state index in [1.54, 1.807) is 0 Å². The zero-order valence-electron chi connectivity index (χ0n) is 9.11. The quantitative estimate of drug-likeness (QED) is 0.804. The minimum atomic E-state index is -0.762. The lowest BCUT2D eigenvalue weighted by molar-refractivity contribution is -0.142. The van der Waals surface area contributed by atoms with E-state index in [0.29, 0.717) is 0 Å². The van der Waals surface area contributed by atoms with Crippen molar-refractivity contribution in [1.82, 2.24) is 4.57 Å². The van der Waals surface area contributed by atoms with E-state index < -0.39 is 12.0 Å². The van der Waals surface area contributed by atoms with Crippen LogP contribution in [0.3, 0.4) is 0 Å². The molecule has 1 aromatic heterocycles. The molecule has 0 fully saturated rings. The first-order chi connectivity index (χ1) is 6.45. The molecule has 1 atom stereocenters. The summed E-state index contributed by atoms with van der Waals surface area (Å²) in [5.41, 5.74) is 2.01. The van der Waals surface area contributed by atoms with Crippen LogP contribution < -0.4 is 0 Å². The summed E-state index contributed by atoms with van der Waals surface area (Å²) in [6.45, 7) is 7.73. The standard InChI is InChI=1S/C11H17NO2/c1-7(2)10(11(13)14)12-8(3)5-6-9(12)4/h5-7,10H,1-4H3,(H,13,14). The molecule has 0 radical (unpaired) electrons. The molecule has 0 aromatic carbocycles. The number of aryl methyl sites for hydroxylation is 2. The van der Waals surface area contributed by atoms with E-state index in [4.69, 9.17) is 5.11 Å². The van der Waals surface area contributed by atoms with Gasteiger partial charge in [0.2, 0.25) is 0 Å². The summed E-state index contributed by atoms with van der Waals surface area (Å²) >= 11 is 0. The van der Waals surface area contributed by atoms with E-state index in [0.717, 1.165) is 11.4 Å². The first-order valence-corrected chi connectivity index (χ1v) is 4.82. The van der Waals surface area contributed by atoms with Gasteiger partial charge < -0.3 is 9.67 Å². The number of carboxylic acids is 1. The number of nitrogens with zero attached hydrogens (tertiary/aromatic N) is 1. The molecule has 1 heterocycles. The van der Waals surface area contributed by atoms with Crippen LogP contribution in [0, 0.1) is 19.8 Å². The molecule has 3 nitrogen and oxygen atoms in total. The third kappa shape index (κ3) is 1.81. The second-order valence-electron chi connectivity index (χ2n) is 4.01. The van der Waals surface area contributed by atoms with Crippen LogP contribution in [-0.4, -0.2) is 15.6 Å². The topological polar surface area (TPSA) is 42.2 Å². The zero-order chi connectivity index (χ0) is 10.9. The number of rotatable bonds is 3. The zero-order valence-corrected chi connectivity index (χ0v) is 9.11. The van der Waals surface area contributed by atoms with Gasteiger partial charge in [-0.05, 0) is 31.9 Å². The summed E-state index contributed by atoms with van der Waals surface area (Å²) < 4.78 is 1.88. The Morgan fingerprint density at radius 3 is 2.00 bits per heavy atom. The average Bonchev–Trinajstić information content (AvgIpc) is 2.34. The van der Waals surface area contributed by atoms with Crippen molar-refractivity contribution in [3.05, 3.63) is 23.5 Å². The van der Waals surface area contributed by atoms with Gasteiger partial charge in [-0.1, -0.05) is 13.8 Å². The van der Waals surface area contributed by atoms with Crippen LogP contribution in [0.1, 0.15) is 31.3 Å². The van der Waals surface area contributed by atoms with Crippen LogP contribution in [0.5, 0.6) is 0 Å². The molecule has 14 heavy (non-hydrogen) atoms. The molecular formula is C11H17NO2. The Bertz CT molecular complexity index is 320. The molecule has 3 heteroatoms. The van der Waals surface area contributed by atoms with Gasteiger partial charge in [0.1, 0.15) is 6.04 Å². The molecule has 1 N–H and O–H groups in total. The minimum absolute atomic E-state index is 0.0947. The van der Waals surface area contributed by atoms with E-state index in [1.165, 1.54) is 0 Å². The second kappa shape index (κ2) is 3.86. The monoisotopic (exact) mass is 195 g/mol. The van der Waals surface area contributed by atoms with Crippen LogP contribution in [0.2, 0.25) is 0 Å². The Balaban J connectivity index is 3.17. The van der Waals surface area contributed by atoms with E-state index in [1.807, 2.05) is 44.4 Å². The van der Waals surface area contributed by atoms with Gasteiger partial charge in [0, 0.05) is 11.4 Å². The lowest BCUT2D eigenvalue weighted by atomic mass is 10.0. The van der Waals surface area contributed by atoms with Crippen LogP contribution in [0.4, 0.5) is 0 Å². The van der Waals surface area contributed by atoms with Crippen LogP contribution in [0.15, 0.2) is 12.1 Å². The molecule has 0 bridgehead atoms. The molecule has 1 unspecified atom stereocenters. The van der Waals surface area contributed by atoms with Crippen LogP contribution in [-0.2, 0) is 4.79 Å². The smallest absolute Gasteiger partial charge is 0.326 e. The SMILES string of the molecule is Cc1ccc(C)n1C(C(=O)O)C(C)C. The highest BCUT2D eigenvalue weighted by Crippen LogP contribution is 2.22. The molecule has 0 aliphatic rings. The average molecular weight is 195 g/mol. The normalized spacial score (nSPS) is 13.2. The fourth-order valence-electron chi connectivity index (χ4n) is 1.81. The highest BCUT2D eigenvalue weighted by Gasteiger charge is 2.25. The van der Waals surface area contributed by atoms with E-state index in [9.17, 15) is 4.79 Å². The molecule has 0 spiro atoms. The fourth-order valence-corrected chi connectivity index (χ4v) is 1.81. The van der Waals surface area contributed by atoms with Gasteiger partial charge >= 0.3 is 5.97 Å². The molecular weight excluding hydrogens is 178 g/mol. The third-order valence-electron chi connectivity index (χ3n) is 2.49. The van der Waals surface area contributed by atoms with Gasteiger partial charge in [0.25, 0.3) is 0 Å². The van der Waals surface area contributed by atoms with Crippen LogP contribution in [0.25, 0.3) is 0 Å². The van der Waals surface area contributed by atoms with Gasteiger partial charge in [0.05, 0.1) is 0 Å². The Hall–Kier alpha value is -1.25. The molecule has 1 rings (SSSR count). The molecule has 0 saturated carbocycles. The number of hydrogen-bond acceptors (Lipinski definition) is 1. The minimum Gasteiger partial charge on any atom is -0.480 e. The van der Waals surface area contributed by atoms with Crippen molar-refractivity contribution in [3.8, 4) is 0 Å². The predicted octanol–water partition coefficient (Wildman–Crippen LogP) is 2.39. The Morgan fingerprint density at radius 1 is 1.29 bits per heavy atom. The number of carboxylic acid groups (broad SMARTS) is 1. The summed E-state index contributed by atoms with van der Waals surface area (Å²) in [6, 6.07) is 3.45. The highest BCUT2D eigenvalue weighted by molar-refractivity contribution is 5.72. The van der Waals surface area contributed by atoms with E-state index >= 15 is 0 Å². The van der Waals surface area contributed by atoms with Gasteiger partial charge in [-0.2, -0.15) is 0 Å². The lowest BCUT2D eigenvalue weighted by Gasteiger charge is -2.21. The first-order valence-electron chi connectivity index (χ1n) is 4.82. The van der Waals surface area contributed by atoms with E-state index in [2.05, 4.69) is 0 Å². The molecule has 0 saturated heterocycles. The summed E-state index contributed by atoms with van der Waals surface area (Å²) in [5.74, 6) is -0.667. The number of aliphatic carboxylic acids is 1. The van der Waals surface area contributed by atoms with Crippen molar-refractivity contribution in [2.45, 2.75) is 33.7 Å². The lowest BCUT2D eigenvalue weighted by Crippen LogP contribution is -2.25. The maximum absolute atomic E-state index is 11.1. The van der Waals surface area contributed by atoms with Crippen molar-refractivity contribution in [2.24, 2.45) is 5.92 Å². The van der Waals surface area contributed by atoms with Gasteiger partial charge in [-0.25, -0.2) is 4.79 Å². The molecule has 0 aliphatic carbocycles. The largest absolute Gasteiger partial charge is 0.480 e. The predicted molar refractivity (Wildman–Crippen MR) is 55.4 cm³/mol. The Labute approximate surface area is 84.4 Å². The maximum atomic E-state index is 11.1. The number of aromatic nitrogens is 1. The van der Waals surface area contributed by atoms with Gasteiger partial charge in [0.15, 0.2) is 0 Å². The Morgan fingerprint density at radius 2 is 1.71 bits per heavy atom. The van der Waals surface area contributed by atoms with Crippen LogP contribution >= 0.6 is 0 Å². The summed E-state index contributed by atoms with van der Waals surface area (Å²) in [6.07, 6.45) is 0. The summed E-state index contributed by atoms with van der Waals surface area (Å²) in [4.78, 5) is 11.1. The van der Waals surface area contributed by atoms with E-state index in [-0.39, 0.29) is 5.92 Å². The van der Waals surface area contributed by atoms with Crippen molar-refractivity contribution in [1.29, 1.82) is 0 Å².